The lowest BCUT2D eigenvalue weighted by Gasteiger charge is -2.29. The molecule has 9 heteroatoms. The number of hydrogen-bond acceptors (Lipinski definition) is 6. The van der Waals surface area contributed by atoms with E-state index in [0.29, 0.717) is 24.7 Å². The van der Waals surface area contributed by atoms with E-state index in [-0.39, 0.29) is 18.0 Å². The number of ether oxygens (including phenoxy) is 2. The highest BCUT2D eigenvalue weighted by atomic mass is 32.2. The molecule has 0 aliphatic carbocycles. The van der Waals surface area contributed by atoms with Gasteiger partial charge in [0.1, 0.15) is 12.3 Å². The molecule has 1 aliphatic heterocycles. The summed E-state index contributed by atoms with van der Waals surface area (Å²) in [6.07, 6.45) is 0. The van der Waals surface area contributed by atoms with E-state index in [1.807, 2.05) is 24.3 Å². The Kier molecular flexibility index (Phi) is 7.89. The van der Waals surface area contributed by atoms with Gasteiger partial charge in [-0.05, 0) is 42.0 Å². The minimum absolute atomic E-state index is 0.0948. The summed E-state index contributed by atoms with van der Waals surface area (Å²) in [6.45, 7) is 3.03. The van der Waals surface area contributed by atoms with Crippen molar-refractivity contribution in [2.75, 3.05) is 49.2 Å². The molecular formula is C26H29N3O5S. The Hall–Kier alpha value is -3.56. The third-order valence-electron chi connectivity index (χ3n) is 5.77. The number of rotatable bonds is 9. The number of methoxy groups -OCH3 is 1. The predicted octanol–water partition coefficient (Wildman–Crippen LogP) is 3.04. The zero-order valence-electron chi connectivity index (χ0n) is 19.6. The van der Waals surface area contributed by atoms with Gasteiger partial charge in [-0.25, -0.2) is 8.42 Å². The summed E-state index contributed by atoms with van der Waals surface area (Å²) in [7, 11) is -2.54. The van der Waals surface area contributed by atoms with Gasteiger partial charge in [0.15, 0.2) is 0 Å². The number of carbonyl (C=O) groups is 1. The topological polar surface area (TPSA) is 88.2 Å². The van der Waals surface area contributed by atoms with Crippen LogP contribution in [0.4, 0.5) is 11.4 Å². The quantitative estimate of drug-likeness (QED) is 0.491. The number of anilines is 2. The normalized spacial score (nSPS) is 13.8. The first kappa shape index (κ1) is 24.6. The summed E-state index contributed by atoms with van der Waals surface area (Å²) in [5, 5.41) is 2.84. The van der Waals surface area contributed by atoms with E-state index in [4.69, 9.17) is 9.47 Å². The van der Waals surface area contributed by atoms with Crippen molar-refractivity contribution in [3.8, 4) is 5.75 Å². The Morgan fingerprint density at radius 2 is 1.63 bits per heavy atom. The molecule has 0 radical (unpaired) electrons. The standard InChI is InChI=1S/C26H29N3O5S/c1-33-25-10-6-5-9-24(25)29(35(31,32)23-7-3-2-4-8-23)20-26(30)27-19-21-11-13-22(14-12-21)28-15-17-34-18-16-28/h2-14H,15-20H2,1H3,(H,27,30). The van der Waals surface area contributed by atoms with Crippen LogP contribution >= 0.6 is 0 Å². The minimum Gasteiger partial charge on any atom is -0.495 e. The van der Waals surface area contributed by atoms with Gasteiger partial charge in [-0.15, -0.1) is 0 Å². The van der Waals surface area contributed by atoms with Gasteiger partial charge in [0.2, 0.25) is 5.91 Å². The molecule has 0 atom stereocenters. The first-order valence-electron chi connectivity index (χ1n) is 11.4. The van der Waals surface area contributed by atoms with E-state index in [1.165, 1.54) is 19.2 Å². The second-order valence-corrected chi connectivity index (χ2v) is 9.90. The van der Waals surface area contributed by atoms with Crippen molar-refractivity contribution in [2.24, 2.45) is 0 Å². The molecule has 184 valence electrons. The van der Waals surface area contributed by atoms with Crippen molar-refractivity contribution < 1.29 is 22.7 Å². The van der Waals surface area contributed by atoms with Gasteiger partial charge in [0, 0.05) is 25.3 Å². The highest BCUT2D eigenvalue weighted by Gasteiger charge is 2.29. The molecule has 1 amide bonds. The third-order valence-corrected chi connectivity index (χ3v) is 7.55. The van der Waals surface area contributed by atoms with Crippen molar-refractivity contribution in [2.45, 2.75) is 11.4 Å². The average Bonchev–Trinajstić information content (AvgIpc) is 2.91. The monoisotopic (exact) mass is 495 g/mol. The van der Waals surface area contributed by atoms with Crippen LogP contribution < -0.4 is 19.3 Å². The van der Waals surface area contributed by atoms with Crippen LogP contribution in [0.3, 0.4) is 0 Å². The summed E-state index contributed by atoms with van der Waals surface area (Å²) in [5.41, 5.74) is 2.33. The van der Waals surface area contributed by atoms with Crippen molar-refractivity contribution >= 4 is 27.3 Å². The molecular weight excluding hydrogens is 466 g/mol. The van der Waals surface area contributed by atoms with Crippen molar-refractivity contribution in [3.05, 3.63) is 84.4 Å². The van der Waals surface area contributed by atoms with Crippen LogP contribution in [0.2, 0.25) is 0 Å². The molecule has 8 nitrogen and oxygen atoms in total. The smallest absolute Gasteiger partial charge is 0.264 e. The van der Waals surface area contributed by atoms with Crippen molar-refractivity contribution in [1.82, 2.24) is 5.32 Å². The molecule has 0 bridgehead atoms. The molecule has 0 aromatic heterocycles. The Balaban J connectivity index is 1.48. The number of sulfonamides is 1. The molecule has 3 aromatic carbocycles. The average molecular weight is 496 g/mol. The van der Waals surface area contributed by atoms with Crippen LogP contribution in [0.25, 0.3) is 0 Å². The number of carbonyl (C=O) groups excluding carboxylic acids is 1. The lowest BCUT2D eigenvalue weighted by atomic mass is 10.2. The lowest BCUT2D eigenvalue weighted by molar-refractivity contribution is -0.119. The maximum Gasteiger partial charge on any atom is 0.264 e. The molecule has 3 aromatic rings. The summed E-state index contributed by atoms with van der Waals surface area (Å²) >= 11 is 0. The Bertz CT molecular complexity index is 1230. The first-order valence-corrected chi connectivity index (χ1v) is 12.8. The maximum absolute atomic E-state index is 13.5. The molecule has 0 unspecified atom stereocenters. The number of hydrogen-bond donors (Lipinski definition) is 1. The number of nitrogens with zero attached hydrogens (tertiary/aromatic N) is 2. The van der Waals surface area contributed by atoms with Crippen LogP contribution in [-0.4, -0.2) is 54.3 Å². The van der Waals surface area contributed by atoms with Gasteiger partial charge in [0.05, 0.1) is 30.9 Å². The largest absolute Gasteiger partial charge is 0.495 e. The fourth-order valence-corrected chi connectivity index (χ4v) is 5.34. The van der Waals surface area contributed by atoms with Gasteiger partial charge >= 0.3 is 0 Å². The van der Waals surface area contributed by atoms with Gasteiger partial charge in [-0.1, -0.05) is 42.5 Å². The lowest BCUT2D eigenvalue weighted by Crippen LogP contribution is -2.40. The summed E-state index contributed by atoms with van der Waals surface area (Å²) in [5.74, 6) is -0.0637. The van der Waals surface area contributed by atoms with Crippen LogP contribution in [0.5, 0.6) is 5.75 Å². The Morgan fingerprint density at radius 3 is 2.31 bits per heavy atom. The number of benzene rings is 3. The number of para-hydroxylation sites is 2. The van der Waals surface area contributed by atoms with E-state index >= 15 is 0 Å². The second-order valence-electron chi connectivity index (χ2n) is 8.04. The predicted molar refractivity (Wildman–Crippen MR) is 135 cm³/mol. The molecule has 35 heavy (non-hydrogen) atoms. The summed E-state index contributed by atoms with van der Waals surface area (Å²) < 4.78 is 38.8. The van der Waals surface area contributed by atoms with E-state index in [2.05, 4.69) is 10.2 Å². The molecule has 4 rings (SSSR count). The fraction of sp³-hybridized carbons (Fsp3) is 0.269. The number of morpholine rings is 1. The molecule has 1 N–H and O–H groups in total. The fourth-order valence-electron chi connectivity index (χ4n) is 3.89. The van der Waals surface area contributed by atoms with Gasteiger partial charge in [-0.2, -0.15) is 0 Å². The number of nitrogens with one attached hydrogen (secondary N) is 1. The minimum atomic E-state index is -4.01. The molecule has 1 saturated heterocycles. The zero-order chi connectivity index (χ0) is 24.7. The Morgan fingerprint density at radius 1 is 0.971 bits per heavy atom. The first-order chi connectivity index (χ1) is 17.0. The summed E-state index contributed by atoms with van der Waals surface area (Å²) in [6, 6.07) is 22.8. The SMILES string of the molecule is COc1ccccc1N(CC(=O)NCc1ccc(N2CCOCC2)cc1)S(=O)(=O)c1ccccc1. The van der Waals surface area contributed by atoms with Gasteiger partial charge < -0.3 is 19.7 Å². The van der Waals surface area contributed by atoms with E-state index < -0.39 is 15.9 Å². The molecule has 1 aliphatic rings. The zero-order valence-corrected chi connectivity index (χ0v) is 20.4. The third kappa shape index (κ3) is 5.93. The molecule has 1 heterocycles. The van der Waals surface area contributed by atoms with E-state index in [9.17, 15) is 13.2 Å². The van der Waals surface area contributed by atoms with Crippen LogP contribution in [-0.2, 0) is 26.1 Å². The molecule has 1 fully saturated rings. The second kappa shape index (κ2) is 11.2. The molecule has 0 saturated carbocycles. The maximum atomic E-state index is 13.5. The van der Waals surface area contributed by atoms with Crippen molar-refractivity contribution in [3.63, 3.8) is 0 Å². The highest BCUT2D eigenvalue weighted by molar-refractivity contribution is 7.92. The molecule has 0 spiro atoms. The van der Waals surface area contributed by atoms with E-state index in [1.54, 1.807) is 42.5 Å². The van der Waals surface area contributed by atoms with Crippen LogP contribution in [0, 0.1) is 0 Å². The van der Waals surface area contributed by atoms with Crippen LogP contribution in [0.15, 0.2) is 83.8 Å². The Labute approximate surface area is 206 Å². The number of amides is 1. The van der Waals surface area contributed by atoms with Gasteiger partial charge in [-0.3, -0.25) is 9.10 Å². The van der Waals surface area contributed by atoms with Crippen LogP contribution in [0.1, 0.15) is 5.56 Å². The van der Waals surface area contributed by atoms with Crippen molar-refractivity contribution in [1.29, 1.82) is 0 Å². The van der Waals surface area contributed by atoms with Gasteiger partial charge in [0.25, 0.3) is 10.0 Å². The van der Waals surface area contributed by atoms with E-state index in [0.717, 1.165) is 28.6 Å². The summed E-state index contributed by atoms with van der Waals surface area (Å²) in [4.78, 5) is 15.3. The highest BCUT2D eigenvalue weighted by Crippen LogP contribution is 2.32.